The van der Waals surface area contributed by atoms with Crippen LogP contribution in [0.5, 0.6) is 0 Å². The van der Waals surface area contributed by atoms with Crippen molar-refractivity contribution in [1.29, 1.82) is 0 Å². The van der Waals surface area contributed by atoms with Crippen molar-refractivity contribution < 1.29 is 9.32 Å². The minimum absolute atomic E-state index is 0.262. The van der Waals surface area contributed by atoms with Gasteiger partial charge < -0.3 is 14.7 Å². The second kappa shape index (κ2) is 7.88. The Balaban J connectivity index is 1.38. The highest BCUT2D eigenvalue weighted by Crippen LogP contribution is 2.17. The zero-order valence-electron chi connectivity index (χ0n) is 14.0. The van der Waals surface area contributed by atoms with Crippen molar-refractivity contribution in [2.45, 2.75) is 45.1 Å². The number of piperazine rings is 1. The Kier molecular flexibility index (Phi) is 5.61. The first-order chi connectivity index (χ1) is 11.3. The van der Waals surface area contributed by atoms with E-state index in [1.807, 2.05) is 11.8 Å². The average molecular weight is 321 g/mol. The lowest BCUT2D eigenvalue weighted by Gasteiger charge is -2.32. The van der Waals surface area contributed by atoms with Crippen LogP contribution < -0.4 is 5.32 Å². The number of carbonyl (C=O) groups excluding carboxylic acids is 1. The molecule has 2 saturated heterocycles. The van der Waals surface area contributed by atoms with Crippen LogP contribution in [-0.4, -0.2) is 71.2 Å². The number of hydrogen-bond acceptors (Lipinski definition) is 6. The standard InChI is InChI=1S/C16H27N5O2/c1-2-14-18-15(23-19-14)4-3-5-16(22)21-9-6-13(12-21)20-10-7-17-8-11-20/h13,17H,2-12H2,1H3. The molecule has 1 atom stereocenters. The van der Waals surface area contributed by atoms with E-state index in [9.17, 15) is 4.79 Å². The van der Waals surface area contributed by atoms with E-state index in [-0.39, 0.29) is 5.91 Å². The third-order valence-electron chi connectivity index (χ3n) is 4.79. The first kappa shape index (κ1) is 16.4. The molecule has 0 saturated carbocycles. The first-order valence-electron chi connectivity index (χ1n) is 8.80. The van der Waals surface area contributed by atoms with Crippen LogP contribution in [0.15, 0.2) is 4.52 Å². The van der Waals surface area contributed by atoms with E-state index in [1.54, 1.807) is 0 Å². The summed E-state index contributed by atoms with van der Waals surface area (Å²) < 4.78 is 5.16. The quantitative estimate of drug-likeness (QED) is 0.820. The lowest BCUT2D eigenvalue weighted by molar-refractivity contribution is -0.130. The van der Waals surface area contributed by atoms with Crippen molar-refractivity contribution in [3.05, 3.63) is 11.7 Å². The fourth-order valence-corrected chi connectivity index (χ4v) is 3.40. The van der Waals surface area contributed by atoms with Gasteiger partial charge in [0.15, 0.2) is 5.82 Å². The van der Waals surface area contributed by atoms with Crippen molar-refractivity contribution in [3.63, 3.8) is 0 Å². The van der Waals surface area contributed by atoms with Gasteiger partial charge in [-0.1, -0.05) is 12.1 Å². The maximum atomic E-state index is 12.4. The smallest absolute Gasteiger partial charge is 0.226 e. The molecule has 3 heterocycles. The van der Waals surface area contributed by atoms with Crippen LogP contribution in [0.4, 0.5) is 0 Å². The number of nitrogens with zero attached hydrogens (tertiary/aromatic N) is 4. The molecule has 1 amide bonds. The van der Waals surface area contributed by atoms with E-state index in [0.717, 1.165) is 64.4 Å². The lowest BCUT2D eigenvalue weighted by Crippen LogP contribution is -2.49. The molecule has 2 aliphatic heterocycles. The maximum Gasteiger partial charge on any atom is 0.226 e. The van der Waals surface area contributed by atoms with Gasteiger partial charge in [0.2, 0.25) is 11.8 Å². The zero-order valence-corrected chi connectivity index (χ0v) is 14.0. The van der Waals surface area contributed by atoms with Crippen molar-refractivity contribution in [1.82, 2.24) is 25.3 Å². The molecule has 128 valence electrons. The second-order valence-electron chi connectivity index (χ2n) is 6.38. The van der Waals surface area contributed by atoms with E-state index in [0.29, 0.717) is 24.8 Å². The van der Waals surface area contributed by atoms with Gasteiger partial charge in [-0.25, -0.2) is 0 Å². The molecule has 1 aromatic rings. The maximum absolute atomic E-state index is 12.4. The van der Waals surface area contributed by atoms with Crippen molar-refractivity contribution in [2.75, 3.05) is 39.3 Å². The van der Waals surface area contributed by atoms with E-state index >= 15 is 0 Å². The number of likely N-dealkylation sites (tertiary alicyclic amines) is 1. The summed E-state index contributed by atoms with van der Waals surface area (Å²) in [4.78, 5) is 21.2. The molecule has 0 spiro atoms. The molecule has 2 aliphatic rings. The highest BCUT2D eigenvalue weighted by molar-refractivity contribution is 5.76. The van der Waals surface area contributed by atoms with Crippen LogP contribution in [0.25, 0.3) is 0 Å². The predicted molar refractivity (Wildman–Crippen MR) is 86.0 cm³/mol. The van der Waals surface area contributed by atoms with Crippen molar-refractivity contribution in [3.8, 4) is 0 Å². The Morgan fingerprint density at radius 1 is 1.35 bits per heavy atom. The number of rotatable bonds is 6. The summed E-state index contributed by atoms with van der Waals surface area (Å²) in [6, 6.07) is 0.545. The molecular weight excluding hydrogens is 294 g/mol. The largest absolute Gasteiger partial charge is 0.341 e. The van der Waals surface area contributed by atoms with Gasteiger partial charge in [-0.15, -0.1) is 0 Å². The van der Waals surface area contributed by atoms with Crippen LogP contribution in [0, 0.1) is 0 Å². The van der Waals surface area contributed by atoms with E-state index < -0.39 is 0 Å². The minimum atomic E-state index is 0.262. The van der Waals surface area contributed by atoms with Crippen molar-refractivity contribution >= 4 is 5.91 Å². The number of hydrogen-bond donors (Lipinski definition) is 1. The highest BCUT2D eigenvalue weighted by Gasteiger charge is 2.30. The first-order valence-corrected chi connectivity index (χ1v) is 8.80. The molecule has 0 radical (unpaired) electrons. The van der Waals surface area contributed by atoms with Gasteiger partial charge in [0, 0.05) is 64.6 Å². The lowest BCUT2D eigenvalue weighted by atomic mass is 10.2. The molecule has 1 unspecified atom stereocenters. The van der Waals surface area contributed by atoms with E-state index in [2.05, 4.69) is 20.4 Å². The molecule has 23 heavy (non-hydrogen) atoms. The highest BCUT2D eigenvalue weighted by atomic mass is 16.5. The van der Waals surface area contributed by atoms with Crippen LogP contribution in [0.1, 0.15) is 37.9 Å². The van der Waals surface area contributed by atoms with Gasteiger partial charge >= 0.3 is 0 Å². The summed E-state index contributed by atoms with van der Waals surface area (Å²) in [5, 5.41) is 7.26. The number of amides is 1. The Hall–Kier alpha value is -1.47. The van der Waals surface area contributed by atoms with Crippen LogP contribution in [0.2, 0.25) is 0 Å². The fourth-order valence-electron chi connectivity index (χ4n) is 3.40. The monoisotopic (exact) mass is 321 g/mol. The fraction of sp³-hybridized carbons (Fsp3) is 0.812. The SMILES string of the molecule is CCc1noc(CCCC(=O)N2CCC(N3CCNCC3)C2)n1. The summed E-state index contributed by atoms with van der Waals surface area (Å²) in [5.74, 6) is 1.65. The van der Waals surface area contributed by atoms with Gasteiger partial charge in [-0.05, 0) is 12.8 Å². The summed E-state index contributed by atoms with van der Waals surface area (Å²) in [6.45, 7) is 8.11. The summed E-state index contributed by atoms with van der Waals surface area (Å²) in [7, 11) is 0. The third-order valence-corrected chi connectivity index (χ3v) is 4.79. The minimum Gasteiger partial charge on any atom is -0.341 e. The Bertz CT molecular complexity index is 512. The molecule has 1 N–H and O–H groups in total. The van der Waals surface area contributed by atoms with Gasteiger partial charge in [0.25, 0.3) is 0 Å². The van der Waals surface area contributed by atoms with Gasteiger partial charge in [-0.3, -0.25) is 9.69 Å². The van der Waals surface area contributed by atoms with Gasteiger partial charge in [-0.2, -0.15) is 4.98 Å². The Morgan fingerprint density at radius 2 is 2.17 bits per heavy atom. The molecule has 7 heteroatoms. The van der Waals surface area contributed by atoms with E-state index in [4.69, 9.17) is 4.52 Å². The number of aryl methyl sites for hydroxylation is 2. The topological polar surface area (TPSA) is 74.5 Å². The molecule has 7 nitrogen and oxygen atoms in total. The molecule has 0 bridgehead atoms. The predicted octanol–water partition coefficient (Wildman–Crippen LogP) is 0.461. The molecule has 1 aromatic heterocycles. The molecule has 2 fully saturated rings. The van der Waals surface area contributed by atoms with Crippen LogP contribution >= 0.6 is 0 Å². The zero-order chi connectivity index (χ0) is 16.1. The second-order valence-corrected chi connectivity index (χ2v) is 6.38. The molecule has 3 rings (SSSR count). The van der Waals surface area contributed by atoms with Gasteiger partial charge in [0.05, 0.1) is 0 Å². The Morgan fingerprint density at radius 3 is 2.91 bits per heavy atom. The average Bonchev–Trinajstić information content (AvgIpc) is 3.25. The molecule has 0 aromatic carbocycles. The third kappa shape index (κ3) is 4.29. The van der Waals surface area contributed by atoms with Crippen LogP contribution in [0.3, 0.4) is 0 Å². The molecular formula is C16H27N5O2. The Labute approximate surface area is 137 Å². The number of nitrogens with one attached hydrogen (secondary N) is 1. The van der Waals surface area contributed by atoms with E-state index in [1.165, 1.54) is 0 Å². The van der Waals surface area contributed by atoms with Crippen LogP contribution in [-0.2, 0) is 17.6 Å². The summed E-state index contributed by atoms with van der Waals surface area (Å²) in [5.41, 5.74) is 0. The number of aromatic nitrogens is 2. The van der Waals surface area contributed by atoms with Gasteiger partial charge in [0.1, 0.15) is 0 Å². The summed E-state index contributed by atoms with van der Waals surface area (Å²) in [6.07, 6.45) is 3.92. The van der Waals surface area contributed by atoms with Crippen molar-refractivity contribution in [2.24, 2.45) is 0 Å². The molecule has 0 aliphatic carbocycles. The normalized spacial score (nSPS) is 22.7. The summed E-state index contributed by atoms with van der Waals surface area (Å²) >= 11 is 0. The number of carbonyl (C=O) groups is 1.